The average molecular weight is 1270 g/mol. The molecule has 0 saturated carbocycles. The standard InChI is InChI=1S/C71H111NO18/c1-3-5-7-9-11-13-14-15-16-17-18-19-20-21-22-23-24-25-26-27-28-29-30-31-32-33-34-35-36-37-38-39-40-41-43-45-47-49-59(77)72-54(55(76)48-46-44-42-12-10-8-6-4-2)53-85-69-65(83)62(80)67(57(51-74)87-69)90-71-66(84)63(81)68(58(52-75)88-71)89-70-64(82)61(79)60(78)56(50-73)86-70/h5,7,10-13,15-16,18-19,21-22,24-25,27-28,30-31,33-34,36-37,39-40,46,48,54-58,60-71,73-76,78-84H,3-4,6,8-9,14,17,20,23,26,29,32,35,38,41-45,47,49-53H2,1-2H3,(H,72,77)/b7-5-,12-10+,13-11-,16-15-,19-18-,22-21-,25-24-,28-27-,31-30-,34-33-,37-36-,40-39-,48-46+. The van der Waals surface area contributed by atoms with E-state index in [1.807, 2.05) is 0 Å². The van der Waals surface area contributed by atoms with Gasteiger partial charge in [-0.25, -0.2) is 0 Å². The second kappa shape index (κ2) is 50.9. The first-order valence-corrected chi connectivity index (χ1v) is 32.7. The van der Waals surface area contributed by atoms with Gasteiger partial charge in [0.15, 0.2) is 18.9 Å². The molecule has 0 bridgehead atoms. The third kappa shape index (κ3) is 32.8. The van der Waals surface area contributed by atoms with Gasteiger partial charge in [0.2, 0.25) is 5.91 Å². The third-order valence-corrected chi connectivity index (χ3v) is 15.1. The second-order valence-corrected chi connectivity index (χ2v) is 22.5. The lowest BCUT2D eigenvalue weighted by Gasteiger charge is -2.48. The zero-order chi connectivity index (χ0) is 65.4. The molecule has 17 unspecified atom stereocenters. The zero-order valence-corrected chi connectivity index (χ0v) is 53.3. The number of rotatable bonds is 46. The van der Waals surface area contributed by atoms with Gasteiger partial charge in [-0.2, -0.15) is 0 Å². The van der Waals surface area contributed by atoms with Gasteiger partial charge in [-0.1, -0.05) is 191 Å². The van der Waals surface area contributed by atoms with Gasteiger partial charge in [0, 0.05) is 6.42 Å². The monoisotopic (exact) mass is 1270 g/mol. The van der Waals surface area contributed by atoms with Crippen molar-refractivity contribution >= 4 is 5.91 Å². The van der Waals surface area contributed by atoms with Crippen molar-refractivity contribution in [1.82, 2.24) is 5.32 Å². The molecule has 0 aromatic heterocycles. The molecule has 17 atom stereocenters. The molecular weight excluding hydrogens is 1150 g/mol. The highest BCUT2D eigenvalue weighted by Crippen LogP contribution is 2.33. The van der Waals surface area contributed by atoms with E-state index in [1.165, 1.54) is 0 Å². The number of carbonyl (C=O) groups is 1. The van der Waals surface area contributed by atoms with Crippen LogP contribution in [0.3, 0.4) is 0 Å². The molecule has 0 spiro atoms. The Morgan fingerprint density at radius 2 is 0.778 bits per heavy atom. The highest BCUT2D eigenvalue weighted by molar-refractivity contribution is 5.76. The molecule has 1 amide bonds. The maximum atomic E-state index is 13.3. The molecule has 3 fully saturated rings. The van der Waals surface area contributed by atoms with Crippen LogP contribution in [0.2, 0.25) is 0 Å². The smallest absolute Gasteiger partial charge is 0.220 e. The number of nitrogens with one attached hydrogen (secondary N) is 1. The molecule has 3 rings (SSSR count). The number of ether oxygens (including phenoxy) is 6. The Morgan fingerprint density at radius 3 is 1.22 bits per heavy atom. The van der Waals surface area contributed by atoms with Crippen LogP contribution in [0.15, 0.2) is 158 Å². The summed E-state index contributed by atoms with van der Waals surface area (Å²) < 4.78 is 34.1. The van der Waals surface area contributed by atoms with E-state index in [0.717, 1.165) is 116 Å². The topological polar surface area (TPSA) is 307 Å². The molecular formula is C71H111NO18. The molecule has 3 heterocycles. The molecule has 3 saturated heterocycles. The molecule has 19 nitrogen and oxygen atoms in total. The van der Waals surface area contributed by atoms with Gasteiger partial charge >= 0.3 is 0 Å². The lowest BCUT2D eigenvalue weighted by Crippen LogP contribution is -2.66. The van der Waals surface area contributed by atoms with Crippen LogP contribution >= 0.6 is 0 Å². The highest BCUT2D eigenvalue weighted by Gasteiger charge is 2.53. The number of amides is 1. The number of aliphatic hydroxyl groups excluding tert-OH is 11. The highest BCUT2D eigenvalue weighted by atomic mass is 16.8. The fraction of sp³-hybridized carbons (Fsp3) is 0.620. The van der Waals surface area contributed by atoms with E-state index in [-0.39, 0.29) is 12.3 Å². The summed E-state index contributed by atoms with van der Waals surface area (Å²) in [7, 11) is 0. The number of aliphatic hydroxyl groups is 11. The SMILES string of the molecule is CC/C=C\C/C=C\C/C=C\C/C=C\C/C=C\C/C=C\C/C=C\C/C=C\C/C=C\C/C=C\C/C=C\CCCCCC(=O)NC(COC1OC(CO)C(OC2OC(CO)C(OC3OC(CO)C(O)C(O)C3O)C(O)C2O)C(O)C1O)C(O)/C=C/CC/C=C/CCCC. The van der Waals surface area contributed by atoms with Crippen molar-refractivity contribution in [3.8, 4) is 0 Å². The van der Waals surface area contributed by atoms with E-state index < -0.39 is 131 Å². The Kier molecular flexibility index (Phi) is 45.0. The molecule has 3 aliphatic rings. The number of hydrogen-bond donors (Lipinski definition) is 12. The van der Waals surface area contributed by atoms with Crippen LogP contribution in [0, 0.1) is 0 Å². The van der Waals surface area contributed by atoms with Crippen molar-refractivity contribution in [2.45, 2.75) is 253 Å². The number of carbonyl (C=O) groups excluding carboxylic acids is 1. The first-order chi connectivity index (χ1) is 43.8. The average Bonchev–Trinajstić information content (AvgIpc) is 0.847. The maximum Gasteiger partial charge on any atom is 0.220 e. The first-order valence-electron chi connectivity index (χ1n) is 32.7. The molecule has 12 N–H and O–H groups in total. The molecule has 508 valence electrons. The van der Waals surface area contributed by atoms with Crippen molar-refractivity contribution < 1.29 is 89.4 Å². The lowest BCUT2D eigenvalue weighted by atomic mass is 9.96. The normalized spacial score (nSPS) is 29.1. The van der Waals surface area contributed by atoms with Gasteiger partial charge in [-0.15, -0.1) is 0 Å². The minimum Gasteiger partial charge on any atom is -0.394 e. The summed E-state index contributed by atoms with van der Waals surface area (Å²) in [6, 6.07) is -1.02. The molecule has 90 heavy (non-hydrogen) atoms. The van der Waals surface area contributed by atoms with Gasteiger partial charge in [0.1, 0.15) is 73.2 Å². The largest absolute Gasteiger partial charge is 0.394 e. The van der Waals surface area contributed by atoms with Crippen LogP contribution in [0.1, 0.15) is 149 Å². The van der Waals surface area contributed by atoms with Crippen molar-refractivity contribution in [2.24, 2.45) is 0 Å². The van der Waals surface area contributed by atoms with Gasteiger partial charge in [-0.05, 0) is 109 Å². The number of hydrogen-bond acceptors (Lipinski definition) is 18. The fourth-order valence-corrected chi connectivity index (χ4v) is 9.72. The molecule has 0 radical (unpaired) electrons. The van der Waals surface area contributed by atoms with Crippen LogP contribution in [0.5, 0.6) is 0 Å². The first kappa shape index (κ1) is 79.6. The van der Waals surface area contributed by atoms with E-state index in [4.69, 9.17) is 28.4 Å². The van der Waals surface area contributed by atoms with Gasteiger partial charge in [-0.3, -0.25) is 4.79 Å². The summed E-state index contributed by atoms with van der Waals surface area (Å²) in [5.41, 5.74) is 0. The summed E-state index contributed by atoms with van der Waals surface area (Å²) >= 11 is 0. The second-order valence-electron chi connectivity index (χ2n) is 22.5. The number of allylic oxidation sites excluding steroid dienone is 25. The van der Waals surface area contributed by atoms with Gasteiger partial charge in [0.05, 0.1) is 38.6 Å². The van der Waals surface area contributed by atoms with Crippen LogP contribution in [-0.2, 0) is 33.2 Å². The van der Waals surface area contributed by atoms with E-state index in [0.29, 0.717) is 12.8 Å². The van der Waals surface area contributed by atoms with E-state index in [1.54, 1.807) is 12.2 Å². The van der Waals surface area contributed by atoms with Crippen molar-refractivity contribution in [2.75, 3.05) is 26.4 Å². The minimum atomic E-state index is -1.99. The van der Waals surface area contributed by atoms with Crippen LogP contribution in [0.4, 0.5) is 0 Å². The maximum absolute atomic E-state index is 13.3. The van der Waals surface area contributed by atoms with Gasteiger partial charge < -0.3 is 89.9 Å². The Balaban J connectivity index is 1.36. The van der Waals surface area contributed by atoms with Gasteiger partial charge in [0.25, 0.3) is 0 Å². The Labute approximate surface area is 535 Å². The quantitative estimate of drug-likeness (QED) is 0.0205. The Morgan fingerprint density at radius 1 is 0.411 bits per heavy atom. The minimum absolute atomic E-state index is 0.183. The Bertz CT molecular complexity index is 2250. The predicted molar refractivity (Wildman–Crippen MR) is 350 cm³/mol. The third-order valence-electron chi connectivity index (χ3n) is 15.1. The summed E-state index contributed by atoms with van der Waals surface area (Å²) in [5, 5.41) is 120. The predicted octanol–water partition coefficient (Wildman–Crippen LogP) is 7.76. The lowest BCUT2D eigenvalue weighted by molar-refractivity contribution is -0.379. The van der Waals surface area contributed by atoms with E-state index in [2.05, 4.69) is 165 Å². The summed E-state index contributed by atoms with van der Waals surface area (Å²) in [4.78, 5) is 13.3. The number of unbranched alkanes of at least 4 members (excludes halogenated alkanes) is 6. The van der Waals surface area contributed by atoms with E-state index >= 15 is 0 Å². The molecule has 19 heteroatoms. The van der Waals surface area contributed by atoms with Crippen LogP contribution in [-0.4, -0.2) is 193 Å². The zero-order valence-electron chi connectivity index (χ0n) is 53.3. The van der Waals surface area contributed by atoms with Crippen molar-refractivity contribution in [3.05, 3.63) is 158 Å². The van der Waals surface area contributed by atoms with Crippen molar-refractivity contribution in [3.63, 3.8) is 0 Å². The fourth-order valence-electron chi connectivity index (χ4n) is 9.72. The van der Waals surface area contributed by atoms with E-state index in [9.17, 15) is 61.0 Å². The Hall–Kier alpha value is -4.59. The molecule has 3 aliphatic heterocycles. The molecule has 0 aromatic carbocycles. The summed E-state index contributed by atoms with van der Waals surface area (Å²) in [6.07, 6.45) is 47.1. The summed E-state index contributed by atoms with van der Waals surface area (Å²) in [5.74, 6) is -0.330. The molecule has 0 aromatic rings. The molecule has 0 aliphatic carbocycles. The summed E-state index contributed by atoms with van der Waals surface area (Å²) in [6.45, 7) is 1.43. The van der Waals surface area contributed by atoms with Crippen molar-refractivity contribution in [1.29, 1.82) is 0 Å². The van der Waals surface area contributed by atoms with Crippen LogP contribution in [0.25, 0.3) is 0 Å². The van der Waals surface area contributed by atoms with Crippen LogP contribution < -0.4 is 5.32 Å².